The molecule has 1 aromatic rings. The summed E-state index contributed by atoms with van der Waals surface area (Å²) in [6.07, 6.45) is 1.10. The van der Waals surface area contributed by atoms with Gasteiger partial charge in [0.15, 0.2) is 0 Å². The lowest BCUT2D eigenvalue weighted by Crippen LogP contribution is -2.54. The first-order valence-electron chi connectivity index (χ1n) is 7.72. The van der Waals surface area contributed by atoms with E-state index >= 15 is 0 Å². The molecule has 4 amide bonds. The number of benzene rings is 1. The normalized spacial score (nSPS) is 19.8. The van der Waals surface area contributed by atoms with Crippen LogP contribution in [0.2, 0.25) is 0 Å². The molecular formula is C16H20N4O3. The summed E-state index contributed by atoms with van der Waals surface area (Å²) in [4.78, 5) is 37.9. The minimum atomic E-state index is -0.842. The molecule has 2 aliphatic rings. The van der Waals surface area contributed by atoms with Crippen molar-refractivity contribution >= 4 is 23.5 Å². The van der Waals surface area contributed by atoms with Crippen molar-refractivity contribution in [3.05, 3.63) is 29.8 Å². The Morgan fingerprint density at radius 3 is 2.65 bits per heavy atom. The van der Waals surface area contributed by atoms with Gasteiger partial charge in [-0.25, -0.2) is 4.79 Å². The Morgan fingerprint density at radius 1 is 1.26 bits per heavy atom. The first-order valence-corrected chi connectivity index (χ1v) is 7.72. The molecule has 0 unspecified atom stereocenters. The van der Waals surface area contributed by atoms with Gasteiger partial charge in [0.25, 0.3) is 5.91 Å². The maximum Gasteiger partial charge on any atom is 0.325 e. The highest BCUT2D eigenvalue weighted by Crippen LogP contribution is 2.26. The number of carbonyl (C=O) groups excluding carboxylic acids is 3. The van der Waals surface area contributed by atoms with Crippen molar-refractivity contribution in [3.63, 3.8) is 0 Å². The lowest BCUT2D eigenvalue weighted by molar-refractivity contribution is -0.134. The molecule has 3 N–H and O–H groups in total. The summed E-state index contributed by atoms with van der Waals surface area (Å²) in [7, 11) is 0. The highest BCUT2D eigenvalue weighted by atomic mass is 16.2. The molecule has 3 rings (SSSR count). The molecule has 1 aromatic carbocycles. The van der Waals surface area contributed by atoms with E-state index in [1.54, 1.807) is 6.07 Å². The third-order valence-corrected chi connectivity index (χ3v) is 4.42. The van der Waals surface area contributed by atoms with Gasteiger partial charge in [0.1, 0.15) is 12.1 Å². The quantitative estimate of drug-likeness (QED) is 0.713. The van der Waals surface area contributed by atoms with Crippen molar-refractivity contribution in [3.8, 4) is 0 Å². The van der Waals surface area contributed by atoms with Gasteiger partial charge in [0, 0.05) is 5.69 Å². The van der Waals surface area contributed by atoms with Crippen molar-refractivity contribution in [2.24, 2.45) is 0 Å². The van der Waals surface area contributed by atoms with E-state index in [0.29, 0.717) is 31.6 Å². The molecule has 2 heterocycles. The molecule has 0 saturated carbocycles. The summed E-state index contributed by atoms with van der Waals surface area (Å²) in [6, 6.07) is 6.88. The highest BCUT2D eigenvalue weighted by molar-refractivity contribution is 6.10. The number of carbonyl (C=O) groups is 3. The molecule has 7 heteroatoms. The van der Waals surface area contributed by atoms with Crippen molar-refractivity contribution in [1.29, 1.82) is 0 Å². The van der Waals surface area contributed by atoms with Crippen molar-refractivity contribution in [1.82, 2.24) is 15.5 Å². The molecule has 122 valence electrons. The van der Waals surface area contributed by atoms with Crippen molar-refractivity contribution in [2.45, 2.75) is 25.3 Å². The van der Waals surface area contributed by atoms with Gasteiger partial charge in [-0.15, -0.1) is 0 Å². The van der Waals surface area contributed by atoms with Crippen LogP contribution in [0, 0.1) is 6.92 Å². The fourth-order valence-corrected chi connectivity index (χ4v) is 3.06. The zero-order valence-corrected chi connectivity index (χ0v) is 13.0. The van der Waals surface area contributed by atoms with E-state index < -0.39 is 11.6 Å². The molecule has 0 aliphatic carbocycles. The Kier molecular flexibility index (Phi) is 4.04. The summed E-state index contributed by atoms with van der Waals surface area (Å²) in [5.41, 5.74) is 0.764. The number of hydrogen-bond donors (Lipinski definition) is 3. The number of nitrogens with one attached hydrogen (secondary N) is 3. The van der Waals surface area contributed by atoms with Crippen LogP contribution in [0.3, 0.4) is 0 Å². The van der Waals surface area contributed by atoms with Gasteiger partial charge >= 0.3 is 6.03 Å². The predicted octanol–water partition coefficient (Wildman–Crippen LogP) is 0.608. The van der Waals surface area contributed by atoms with Crippen LogP contribution < -0.4 is 16.0 Å². The largest absolute Gasteiger partial charge is 0.325 e. The second-order valence-corrected chi connectivity index (χ2v) is 6.02. The maximum atomic E-state index is 12.6. The van der Waals surface area contributed by atoms with Crippen LogP contribution >= 0.6 is 0 Å². The smallest absolute Gasteiger partial charge is 0.324 e. The summed E-state index contributed by atoms with van der Waals surface area (Å²) in [5.74, 6) is -0.683. The molecule has 23 heavy (non-hydrogen) atoms. The van der Waals surface area contributed by atoms with Crippen LogP contribution in [0.25, 0.3) is 0 Å². The Hall–Kier alpha value is -2.41. The molecule has 0 atom stereocenters. The van der Waals surface area contributed by atoms with Gasteiger partial charge in [-0.3, -0.25) is 14.5 Å². The molecule has 0 aromatic heterocycles. The van der Waals surface area contributed by atoms with Crippen LogP contribution in [0.1, 0.15) is 18.4 Å². The summed E-state index contributed by atoms with van der Waals surface area (Å²) in [6.45, 7) is 2.96. The lowest BCUT2D eigenvalue weighted by Gasteiger charge is -2.31. The number of para-hydroxylation sites is 1. The Bertz CT molecular complexity index is 652. The van der Waals surface area contributed by atoms with Gasteiger partial charge in [0.2, 0.25) is 5.91 Å². The second-order valence-electron chi connectivity index (χ2n) is 6.02. The zero-order chi connectivity index (χ0) is 16.4. The topological polar surface area (TPSA) is 90.5 Å². The minimum Gasteiger partial charge on any atom is -0.324 e. The molecule has 0 bridgehead atoms. The second kappa shape index (κ2) is 6.00. The van der Waals surface area contributed by atoms with Crippen LogP contribution in [0.5, 0.6) is 0 Å². The van der Waals surface area contributed by atoms with Gasteiger partial charge in [-0.05, 0) is 44.5 Å². The molecular weight excluding hydrogens is 296 g/mol. The predicted molar refractivity (Wildman–Crippen MR) is 84.9 cm³/mol. The third kappa shape index (κ3) is 2.92. The van der Waals surface area contributed by atoms with E-state index in [4.69, 9.17) is 0 Å². The van der Waals surface area contributed by atoms with E-state index in [1.807, 2.05) is 25.1 Å². The van der Waals surface area contributed by atoms with Crippen LogP contribution in [0.4, 0.5) is 10.5 Å². The molecule has 2 saturated heterocycles. The summed E-state index contributed by atoms with van der Waals surface area (Å²) >= 11 is 0. The number of imide groups is 1. The van der Waals surface area contributed by atoms with E-state index in [9.17, 15) is 14.4 Å². The first-order chi connectivity index (χ1) is 11.0. The number of nitrogens with zero attached hydrogens (tertiary/aromatic N) is 1. The Labute approximate surface area is 134 Å². The molecule has 1 spiro atoms. The van der Waals surface area contributed by atoms with Gasteiger partial charge in [0.05, 0.1) is 0 Å². The van der Waals surface area contributed by atoms with Crippen LogP contribution in [-0.4, -0.2) is 47.9 Å². The van der Waals surface area contributed by atoms with Crippen LogP contribution in [-0.2, 0) is 9.59 Å². The van der Waals surface area contributed by atoms with Gasteiger partial charge in [-0.2, -0.15) is 0 Å². The van der Waals surface area contributed by atoms with Gasteiger partial charge < -0.3 is 16.0 Å². The highest BCUT2D eigenvalue weighted by Gasteiger charge is 2.51. The van der Waals surface area contributed by atoms with E-state index in [-0.39, 0.29) is 18.4 Å². The van der Waals surface area contributed by atoms with Crippen molar-refractivity contribution in [2.75, 3.05) is 25.0 Å². The molecule has 2 fully saturated rings. The average molecular weight is 316 g/mol. The molecule has 2 aliphatic heterocycles. The SMILES string of the molecule is Cc1ccccc1NC(=O)CN1C(=O)NC2(CCNCC2)C1=O. The monoisotopic (exact) mass is 316 g/mol. The molecule has 0 radical (unpaired) electrons. The number of amides is 4. The molecule has 7 nitrogen and oxygen atoms in total. The van der Waals surface area contributed by atoms with E-state index in [1.165, 1.54) is 0 Å². The number of piperidine rings is 1. The number of rotatable bonds is 3. The van der Waals surface area contributed by atoms with E-state index in [0.717, 1.165) is 10.5 Å². The third-order valence-electron chi connectivity index (χ3n) is 4.42. The minimum absolute atomic E-state index is 0.270. The standard InChI is InChI=1S/C16H20N4O3/c1-11-4-2-3-5-12(11)18-13(21)10-20-14(22)16(19-15(20)23)6-8-17-9-7-16/h2-5,17H,6-10H2,1H3,(H,18,21)(H,19,23). The fraction of sp³-hybridized carbons (Fsp3) is 0.438. The van der Waals surface area contributed by atoms with E-state index in [2.05, 4.69) is 16.0 Å². The zero-order valence-electron chi connectivity index (χ0n) is 13.0. The Balaban J connectivity index is 1.68. The first kappa shape index (κ1) is 15.5. The average Bonchev–Trinajstić information content (AvgIpc) is 2.75. The number of anilines is 1. The number of urea groups is 1. The maximum absolute atomic E-state index is 12.6. The van der Waals surface area contributed by atoms with Gasteiger partial charge in [-0.1, -0.05) is 18.2 Å². The lowest BCUT2D eigenvalue weighted by atomic mass is 9.88. The fourth-order valence-electron chi connectivity index (χ4n) is 3.06. The summed E-state index contributed by atoms with van der Waals surface area (Å²) in [5, 5.41) is 8.68. The van der Waals surface area contributed by atoms with Crippen LogP contribution in [0.15, 0.2) is 24.3 Å². The number of aryl methyl sites for hydroxylation is 1. The van der Waals surface area contributed by atoms with Crippen molar-refractivity contribution < 1.29 is 14.4 Å². The number of hydrogen-bond acceptors (Lipinski definition) is 4. The Morgan fingerprint density at radius 2 is 1.96 bits per heavy atom. The summed E-state index contributed by atoms with van der Waals surface area (Å²) < 4.78 is 0.